The molecule has 0 atom stereocenters. The molecule has 0 radical (unpaired) electrons. The number of ketones is 1. The van der Waals surface area contributed by atoms with Gasteiger partial charge in [-0.05, 0) is 31.9 Å². The van der Waals surface area contributed by atoms with Gasteiger partial charge in [-0.2, -0.15) is 0 Å². The normalized spacial score (nSPS) is 10.4. The second-order valence-electron chi connectivity index (χ2n) is 4.74. The van der Waals surface area contributed by atoms with Crippen molar-refractivity contribution in [3.05, 3.63) is 35.4 Å². The van der Waals surface area contributed by atoms with Gasteiger partial charge in [-0.1, -0.05) is 18.9 Å². The van der Waals surface area contributed by atoms with Crippen LogP contribution in [0.2, 0.25) is 0 Å². The SMILES string of the molecule is CCOC(=O)CCCCCCC(=O)c1c(F)cccc1F. The van der Waals surface area contributed by atoms with Crippen LogP contribution < -0.4 is 0 Å². The molecule has 1 aromatic rings. The van der Waals surface area contributed by atoms with Gasteiger partial charge in [0.1, 0.15) is 11.6 Å². The largest absolute Gasteiger partial charge is 0.466 e. The summed E-state index contributed by atoms with van der Waals surface area (Å²) in [4.78, 5) is 22.8. The molecule has 0 aliphatic carbocycles. The Morgan fingerprint density at radius 3 is 2.14 bits per heavy atom. The van der Waals surface area contributed by atoms with Crippen molar-refractivity contribution in [3.8, 4) is 0 Å². The van der Waals surface area contributed by atoms with Gasteiger partial charge in [0.25, 0.3) is 0 Å². The van der Waals surface area contributed by atoms with Crippen LogP contribution in [-0.2, 0) is 9.53 Å². The van der Waals surface area contributed by atoms with Crippen molar-refractivity contribution in [2.24, 2.45) is 0 Å². The molecule has 0 aromatic heterocycles. The summed E-state index contributed by atoms with van der Waals surface area (Å²) in [5.41, 5.74) is -0.455. The first kappa shape index (κ1) is 17.3. The van der Waals surface area contributed by atoms with E-state index in [0.29, 0.717) is 25.9 Å². The molecule has 0 spiro atoms. The molecule has 0 heterocycles. The Balaban J connectivity index is 2.24. The number of carbonyl (C=O) groups excluding carboxylic acids is 2. The minimum Gasteiger partial charge on any atom is -0.466 e. The molecule has 0 aliphatic heterocycles. The highest BCUT2D eigenvalue weighted by Crippen LogP contribution is 2.16. The number of hydrogen-bond donors (Lipinski definition) is 0. The summed E-state index contributed by atoms with van der Waals surface area (Å²) in [7, 11) is 0. The van der Waals surface area contributed by atoms with E-state index in [1.807, 2.05) is 0 Å². The molecule has 0 saturated carbocycles. The number of rotatable bonds is 9. The highest BCUT2D eigenvalue weighted by molar-refractivity contribution is 5.96. The Bertz CT molecular complexity index is 466. The lowest BCUT2D eigenvalue weighted by molar-refractivity contribution is -0.143. The molecule has 116 valence electrons. The van der Waals surface area contributed by atoms with Crippen LogP contribution in [0.3, 0.4) is 0 Å². The fourth-order valence-electron chi connectivity index (χ4n) is 2.03. The van der Waals surface area contributed by atoms with Gasteiger partial charge in [-0.15, -0.1) is 0 Å². The number of Topliss-reactive ketones (excluding diaryl/α,β-unsaturated/α-hetero) is 1. The Hall–Kier alpha value is -1.78. The van der Waals surface area contributed by atoms with E-state index in [1.165, 1.54) is 6.07 Å². The second-order valence-corrected chi connectivity index (χ2v) is 4.74. The van der Waals surface area contributed by atoms with Crippen molar-refractivity contribution in [2.45, 2.75) is 45.4 Å². The summed E-state index contributed by atoms with van der Waals surface area (Å²) in [6.07, 6.45) is 3.24. The first-order valence-electron chi connectivity index (χ1n) is 7.19. The lowest BCUT2D eigenvalue weighted by Crippen LogP contribution is -2.06. The fourth-order valence-corrected chi connectivity index (χ4v) is 2.03. The van der Waals surface area contributed by atoms with Crippen molar-refractivity contribution < 1.29 is 23.1 Å². The summed E-state index contributed by atoms with van der Waals surface area (Å²) in [5, 5.41) is 0. The highest BCUT2D eigenvalue weighted by Gasteiger charge is 2.16. The second kappa shape index (κ2) is 9.21. The van der Waals surface area contributed by atoms with Crippen LogP contribution in [0.5, 0.6) is 0 Å². The van der Waals surface area contributed by atoms with Crippen LogP contribution in [0.15, 0.2) is 18.2 Å². The maximum absolute atomic E-state index is 13.4. The van der Waals surface area contributed by atoms with Gasteiger partial charge in [0.05, 0.1) is 12.2 Å². The van der Waals surface area contributed by atoms with E-state index in [9.17, 15) is 18.4 Å². The third-order valence-electron chi connectivity index (χ3n) is 3.08. The molecule has 0 saturated heterocycles. The molecule has 1 rings (SSSR count). The van der Waals surface area contributed by atoms with E-state index in [1.54, 1.807) is 6.92 Å². The summed E-state index contributed by atoms with van der Waals surface area (Å²) < 4.78 is 31.6. The van der Waals surface area contributed by atoms with Crippen LogP contribution in [0.1, 0.15) is 55.8 Å². The van der Waals surface area contributed by atoms with E-state index in [4.69, 9.17) is 4.74 Å². The molecule has 0 fully saturated rings. The fraction of sp³-hybridized carbons (Fsp3) is 0.500. The molecule has 5 heteroatoms. The van der Waals surface area contributed by atoms with E-state index >= 15 is 0 Å². The Labute approximate surface area is 123 Å². The predicted molar refractivity (Wildman–Crippen MR) is 75.0 cm³/mol. The predicted octanol–water partition coefficient (Wildman–Crippen LogP) is 4.05. The first-order chi connectivity index (χ1) is 10.1. The van der Waals surface area contributed by atoms with Crippen LogP contribution >= 0.6 is 0 Å². The van der Waals surface area contributed by atoms with Crippen molar-refractivity contribution in [1.82, 2.24) is 0 Å². The molecule has 0 amide bonds. The van der Waals surface area contributed by atoms with Gasteiger partial charge in [-0.25, -0.2) is 8.78 Å². The van der Waals surface area contributed by atoms with Gasteiger partial charge in [0, 0.05) is 12.8 Å². The van der Waals surface area contributed by atoms with Crippen LogP contribution in [0.25, 0.3) is 0 Å². The average Bonchev–Trinajstić information content (AvgIpc) is 2.42. The van der Waals surface area contributed by atoms with Gasteiger partial charge in [-0.3, -0.25) is 9.59 Å². The molecule has 3 nitrogen and oxygen atoms in total. The Kier molecular flexibility index (Phi) is 7.58. The number of unbranched alkanes of at least 4 members (excludes halogenated alkanes) is 3. The molecule has 0 bridgehead atoms. The number of hydrogen-bond acceptors (Lipinski definition) is 3. The van der Waals surface area contributed by atoms with Crippen molar-refractivity contribution in [2.75, 3.05) is 6.61 Å². The average molecular weight is 298 g/mol. The van der Waals surface area contributed by atoms with Crippen LogP contribution in [-0.4, -0.2) is 18.4 Å². The number of carbonyl (C=O) groups is 2. The standard InChI is InChI=1S/C16H20F2O3/c1-2-21-15(20)11-6-4-3-5-10-14(19)16-12(17)8-7-9-13(16)18/h7-9H,2-6,10-11H2,1H3. The molecular weight excluding hydrogens is 278 g/mol. The van der Waals surface area contributed by atoms with E-state index in [2.05, 4.69) is 0 Å². The molecule has 0 unspecified atom stereocenters. The zero-order chi connectivity index (χ0) is 15.7. The van der Waals surface area contributed by atoms with Crippen molar-refractivity contribution >= 4 is 11.8 Å². The van der Waals surface area contributed by atoms with Crippen molar-refractivity contribution in [1.29, 1.82) is 0 Å². The Morgan fingerprint density at radius 1 is 1.00 bits per heavy atom. The quantitative estimate of drug-likeness (QED) is 0.392. The summed E-state index contributed by atoms with van der Waals surface area (Å²) in [6.45, 7) is 2.13. The number of halogens is 2. The smallest absolute Gasteiger partial charge is 0.305 e. The lowest BCUT2D eigenvalue weighted by Gasteiger charge is -2.04. The Morgan fingerprint density at radius 2 is 1.57 bits per heavy atom. The van der Waals surface area contributed by atoms with E-state index in [-0.39, 0.29) is 12.4 Å². The zero-order valence-corrected chi connectivity index (χ0v) is 12.2. The minimum absolute atomic E-state index is 0.108. The number of benzene rings is 1. The maximum Gasteiger partial charge on any atom is 0.305 e. The van der Waals surface area contributed by atoms with Gasteiger partial charge in [0.15, 0.2) is 5.78 Å². The molecule has 0 N–H and O–H groups in total. The summed E-state index contributed by atoms with van der Waals surface area (Å²) >= 11 is 0. The zero-order valence-electron chi connectivity index (χ0n) is 12.2. The van der Waals surface area contributed by atoms with E-state index < -0.39 is 23.0 Å². The number of esters is 1. The molecule has 21 heavy (non-hydrogen) atoms. The third-order valence-corrected chi connectivity index (χ3v) is 3.08. The lowest BCUT2D eigenvalue weighted by atomic mass is 10.0. The molecule has 0 aliphatic rings. The third kappa shape index (κ3) is 6.02. The monoisotopic (exact) mass is 298 g/mol. The first-order valence-corrected chi connectivity index (χ1v) is 7.19. The van der Waals surface area contributed by atoms with Gasteiger partial charge < -0.3 is 4.74 Å². The topological polar surface area (TPSA) is 43.4 Å². The molecular formula is C16H20F2O3. The van der Waals surface area contributed by atoms with Crippen molar-refractivity contribution in [3.63, 3.8) is 0 Å². The summed E-state index contributed by atoms with van der Waals surface area (Å²) in [6, 6.07) is 3.39. The summed E-state index contributed by atoms with van der Waals surface area (Å²) in [5.74, 6) is -2.37. The molecule has 1 aromatic carbocycles. The van der Waals surface area contributed by atoms with E-state index in [0.717, 1.165) is 25.0 Å². The minimum atomic E-state index is -0.817. The number of ether oxygens (including phenoxy) is 1. The van der Waals surface area contributed by atoms with Gasteiger partial charge in [0.2, 0.25) is 0 Å². The van der Waals surface area contributed by atoms with Crippen LogP contribution in [0, 0.1) is 11.6 Å². The highest BCUT2D eigenvalue weighted by atomic mass is 19.1. The van der Waals surface area contributed by atoms with Crippen LogP contribution in [0.4, 0.5) is 8.78 Å². The van der Waals surface area contributed by atoms with Gasteiger partial charge >= 0.3 is 5.97 Å². The maximum atomic E-state index is 13.4.